The second kappa shape index (κ2) is 9.97. The van der Waals surface area contributed by atoms with Gasteiger partial charge in [0.25, 0.3) is 0 Å². The summed E-state index contributed by atoms with van der Waals surface area (Å²) in [5, 5.41) is 13.2. The highest BCUT2D eigenvalue weighted by Gasteiger charge is 2.69. The van der Waals surface area contributed by atoms with Crippen molar-refractivity contribution in [3.8, 4) is 0 Å². The molecule has 5 aliphatic rings. The van der Waals surface area contributed by atoms with Crippen molar-refractivity contribution in [3.05, 3.63) is 63.4 Å². The first kappa shape index (κ1) is 26.7. The number of carboxylic acids is 1. The van der Waals surface area contributed by atoms with Crippen LogP contribution in [0.2, 0.25) is 10.0 Å². The van der Waals surface area contributed by atoms with Crippen LogP contribution in [0.5, 0.6) is 0 Å². The van der Waals surface area contributed by atoms with Crippen molar-refractivity contribution in [3.63, 3.8) is 0 Å². The summed E-state index contributed by atoms with van der Waals surface area (Å²) < 4.78 is 16.0. The summed E-state index contributed by atoms with van der Waals surface area (Å²) in [4.78, 5) is 30.8. The predicted molar refractivity (Wildman–Crippen MR) is 152 cm³/mol. The van der Waals surface area contributed by atoms with Gasteiger partial charge in [0.1, 0.15) is 11.4 Å². The van der Waals surface area contributed by atoms with E-state index in [2.05, 4.69) is 15.1 Å². The van der Waals surface area contributed by atoms with Crippen LogP contribution < -0.4 is 5.32 Å². The van der Waals surface area contributed by atoms with Gasteiger partial charge in [0.2, 0.25) is 5.91 Å². The van der Waals surface area contributed by atoms with Crippen LogP contribution >= 0.6 is 23.2 Å². The van der Waals surface area contributed by atoms with Gasteiger partial charge in [-0.3, -0.25) is 19.4 Å². The quantitative estimate of drug-likeness (QED) is 0.427. The van der Waals surface area contributed by atoms with Crippen molar-refractivity contribution >= 4 is 40.8 Å². The Bertz CT molecular complexity index is 1360. The maximum atomic E-state index is 16.0. The van der Waals surface area contributed by atoms with Crippen molar-refractivity contribution in [1.82, 2.24) is 9.80 Å². The number of nitrogens with zero attached hydrogens (tertiary/aromatic N) is 2. The maximum absolute atomic E-state index is 16.0. The Morgan fingerprint density at radius 3 is 2.48 bits per heavy atom. The zero-order chi connectivity index (χ0) is 27.8. The van der Waals surface area contributed by atoms with Crippen molar-refractivity contribution < 1.29 is 19.1 Å². The second-order valence-electron chi connectivity index (χ2n) is 12.5. The van der Waals surface area contributed by atoms with E-state index in [1.54, 1.807) is 24.3 Å². The monoisotopic (exact) mass is 585 g/mol. The minimum atomic E-state index is -1.07. The molecule has 3 heterocycles. The van der Waals surface area contributed by atoms with Gasteiger partial charge in [-0.05, 0) is 80.5 Å². The fraction of sp³-hybridized carbons (Fsp3) is 0.548. The number of carbonyl (C=O) groups is 2. The number of anilines is 1. The highest BCUT2D eigenvalue weighted by Crippen LogP contribution is 2.61. The first-order valence-electron chi connectivity index (χ1n) is 14.6. The molecule has 1 amide bonds. The van der Waals surface area contributed by atoms with Crippen LogP contribution in [0.1, 0.15) is 62.0 Å². The van der Waals surface area contributed by atoms with Gasteiger partial charge in [-0.25, -0.2) is 4.39 Å². The van der Waals surface area contributed by atoms with Gasteiger partial charge < -0.3 is 10.4 Å². The molecule has 212 valence electrons. The number of amides is 1. The molecule has 2 aromatic rings. The molecule has 4 atom stereocenters. The minimum absolute atomic E-state index is 0.0658. The molecule has 2 N–H and O–H groups in total. The van der Waals surface area contributed by atoms with Gasteiger partial charge in [0.05, 0.1) is 10.9 Å². The molecular formula is C31H34Cl2FN3O3. The Labute approximate surface area is 243 Å². The number of nitrogens with one attached hydrogen (secondary N) is 1. The molecule has 2 saturated carbocycles. The van der Waals surface area contributed by atoms with Crippen LogP contribution in [0.3, 0.4) is 0 Å². The van der Waals surface area contributed by atoms with E-state index in [1.165, 1.54) is 0 Å². The largest absolute Gasteiger partial charge is 0.481 e. The van der Waals surface area contributed by atoms with Crippen LogP contribution in [-0.2, 0) is 15.1 Å². The fourth-order valence-corrected chi connectivity index (χ4v) is 8.73. The van der Waals surface area contributed by atoms with Gasteiger partial charge in [-0.2, -0.15) is 0 Å². The van der Waals surface area contributed by atoms with Gasteiger partial charge in [-0.1, -0.05) is 41.4 Å². The number of halogens is 3. The molecule has 6 nitrogen and oxygen atoms in total. The van der Waals surface area contributed by atoms with Crippen molar-refractivity contribution in [1.29, 1.82) is 0 Å². The minimum Gasteiger partial charge on any atom is -0.481 e. The normalized spacial score (nSPS) is 33.8. The number of rotatable bonds is 6. The van der Waals surface area contributed by atoms with Crippen molar-refractivity contribution in [2.24, 2.45) is 17.8 Å². The van der Waals surface area contributed by atoms with Crippen LogP contribution in [0.25, 0.3) is 0 Å². The summed E-state index contributed by atoms with van der Waals surface area (Å²) in [6.45, 7) is 2.50. The molecule has 40 heavy (non-hydrogen) atoms. The standard InChI is InChI=1S/C31H34Cl2FN3O3/c32-20-10-11-22-24(14-20)35-30(40)31(22)26(21-2-1-3-23(33)27(21)34)28-25(37(31)16-18-4-5-18)12-13-36(28)15-17-6-8-19(9-7-17)29(38)39/h1-3,10-11,14,17-19,25-26,28H,4-9,12-13,15-16H2,(H,35,40)(H,38,39)/t17?,19?,25-,26-,28+,31+/m0/s1. The van der Waals surface area contributed by atoms with Crippen LogP contribution in [0.15, 0.2) is 36.4 Å². The third kappa shape index (κ3) is 4.11. The lowest BCUT2D eigenvalue weighted by Crippen LogP contribution is -2.53. The van der Waals surface area contributed by atoms with E-state index in [4.69, 9.17) is 23.2 Å². The van der Waals surface area contributed by atoms with Crippen molar-refractivity contribution in [2.45, 2.75) is 68.5 Å². The zero-order valence-corrected chi connectivity index (χ0v) is 23.8. The molecule has 4 fully saturated rings. The van der Waals surface area contributed by atoms with Crippen molar-refractivity contribution in [2.75, 3.05) is 25.0 Å². The highest BCUT2D eigenvalue weighted by atomic mass is 35.5. The molecule has 2 saturated heterocycles. The third-order valence-electron chi connectivity index (χ3n) is 10.3. The number of hydrogen-bond acceptors (Lipinski definition) is 4. The Kier molecular flexibility index (Phi) is 6.65. The highest BCUT2D eigenvalue weighted by molar-refractivity contribution is 6.31. The van der Waals surface area contributed by atoms with Crippen LogP contribution in [0, 0.1) is 23.6 Å². The second-order valence-corrected chi connectivity index (χ2v) is 13.4. The molecule has 3 aliphatic heterocycles. The molecule has 2 aromatic carbocycles. The average molecular weight is 587 g/mol. The summed E-state index contributed by atoms with van der Waals surface area (Å²) in [5.41, 5.74) is 0.982. The zero-order valence-electron chi connectivity index (χ0n) is 22.3. The topological polar surface area (TPSA) is 72.9 Å². The molecule has 1 spiro atoms. The fourth-order valence-electron chi connectivity index (χ4n) is 8.37. The average Bonchev–Trinajstić information content (AvgIpc) is 3.51. The molecule has 7 rings (SSSR count). The SMILES string of the molecule is O=C(O)C1CCC(CN2CC[C@H]3[C@@H]2[C@H](c2cccc(Cl)c2F)[C@]2(C(=O)Nc4cc(Cl)ccc42)N3CC2CC2)CC1. The van der Waals surface area contributed by atoms with E-state index >= 15 is 4.39 Å². The lowest BCUT2D eigenvalue weighted by atomic mass is 9.73. The van der Waals surface area contributed by atoms with E-state index in [-0.39, 0.29) is 28.9 Å². The Hall–Kier alpha value is -2.19. The predicted octanol–water partition coefficient (Wildman–Crippen LogP) is 6.12. The summed E-state index contributed by atoms with van der Waals surface area (Å²) >= 11 is 12.7. The molecule has 0 unspecified atom stereocenters. The summed E-state index contributed by atoms with van der Waals surface area (Å²) in [5.74, 6) is -1.08. The summed E-state index contributed by atoms with van der Waals surface area (Å²) in [7, 11) is 0. The lowest BCUT2D eigenvalue weighted by Gasteiger charge is -2.41. The van der Waals surface area contributed by atoms with Crippen LogP contribution in [0.4, 0.5) is 10.1 Å². The number of benzene rings is 2. The number of carboxylic acid groups (broad SMARTS) is 1. The third-order valence-corrected chi connectivity index (χ3v) is 10.8. The van der Waals surface area contributed by atoms with Gasteiger partial charge in [-0.15, -0.1) is 0 Å². The lowest BCUT2D eigenvalue weighted by molar-refractivity contribution is -0.143. The summed E-state index contributed by atoms with van der Waals surface area (Å²) in [6, 6.07) is 10.8. The molecule has 2 aliphatic carbocycles. The van der Waals surface area contributed by atoms with E-state index in [1.807, 2.05) is 12.1 Å². The Balaban J connectivity index is 1.34. The van der Waals surface area contributed by atoms with Gasteiger partial charge in [0.15, 0.2) is 0 Å². The number of aliphatic carboxylic acids is 1. The smallest absolute Gasteiger partial charge is 0.306 e. The first-order valence-corrected chi connectivity index (χ1v) is 15.3. The molecule has 0 bridgehead atoms. The van der Waals surface area contributed by atoms with Crippen LogP contribution in [-0.4, -0.2) is 58.5 Å². The molecule has 0 radical (unpaired) electrons. The molecular weight excluding hydrogens is 552 g/mol. The number of carbonyl (C=O) groups excluding carboxylic acids is 1. The van der Waals surface area contributed by atoms with E-state index in [9.17, 15) is 14.7 Å². The Morgan fingerprint density at radius 1 is 1.02 bits per heavy atom. The molecule has 0 aromatic heterocycles. The van der Waals surface area contributed by atoms with Gasteiger partial charge >= 0.3 is 5.97 Å². The summed E-state index contributed by atoms with van der Waals surface area (Å²) in [6.07, 6.45) is 6.33. The van der Waals surface area contributed by atoms with Gasteiger partial charge in [0, 0.05) is 53.9 Å². The van der Waals surface area contributed by atoms with E-state index in [0.29, 0.717) is 41.0 Å². The number of likely N-dealkylation sites (tertiary alicyclic amines) is 2. The molecule has 9 heteroatoms. The van der Waals surface area contributed by atoms with E-state index < -0.39 is 23.2 Å². The number of hydrogen-bond donors (Lipinski definition) is 2. The maximum Gasteiger partial charge on any atom is 0.306 e. The Morgan fingerprint density at radius 2 is 1.75 bits per heavy atom. The van der Waals surface area contributed by atoms with E-state index in [0.717, 1.165) is 57.3 Å². The first-order chi connectivity index (χ1) is 19.3. The number of fused-ring (bicyclic) bond motifs is 3.